The third kappa shape index (κ3) is 3.03. The third-order valence-corrected chi connectivity index (χ3v) is 5.30. The summed E-state index contributed by atoms with van der Waals surface area (Å²) in [5, 5.41) is 11.2. The number of nitrogens with zero attached hydrogens (tertiary/aromatic N) is 1. The van der Waals surface area contributed by atoms with E-state index in [4.69, 9.17) is 16.3 Å². The maximum absolute atomic E-state index is 13.0. The van der Waals surface area contributed by atoms with Crippen LogP contribution in [0.25, 0.3) is 0 Å². The zero-order valence-corrected chi connectivity index (χ0v) is 15.9. The van der Waals surface area contributed by atoms with E-state index in [1.165, 1.54) is 18.2 Å². The van der Waals surface area contributed by atoms with Gasteiger partial charge in [0.15, 0.2) is 5.78 Å². The summed E-state index contributed by atoms with van der Waals surface area (Å²) in [5.74, 6) is 0.303. The first-order valence-electron chi connectivity index (χ1n) is 7.02. The first-order chi connectivity index (χ1) is 11.2. The Hall–Kier alpha value is -1.92. The summed E-state index contributed by atoms with van der Waals surface area (Å²) in [4.78, 5) is 23.4. The molecular weight excluding hydrogens is 398 g/mol. The fourth-order valence-electron chi connectivity index (χ4n) is 2.60. The fourth-order valence-corrected chi connectivity index (χ4v) is 3.46. The Morgan fingerprint density at radius 3 is 2.38 bits per heavy atom. The van der Waals surface area contributed by atoms with E-state index in [1.807, 2.05) is 13.8 Å². The van der Waals surface area contributed by atoms with E-state index in [0.29, 0.717) is 21.3 Å². The smallest absolute Gasteiger partial charge is 0.270 e. The van der Waals surface area contributed by atoms with Crippen molar-refractivity contribution in [1.29, 1.82) is 0 Å². The van der Waals surface area contributed by atoms with Gasteiger partial charge in [-0.15, -0.1) is 0 Å². The highest BCUT2D eigenvalue weighted by molar-refractivity contribution is 9.10. The first-order valence-corrected chi connectivity index (χ1v) is 8.19. The van der Waals surface area contributed by atoms with E-state index in [1.54, 1.807) is 14.0 Å². The van der Waals surface area contributed by atoms with Crippen LogP contribution in [0.1, 0.15) is 32.6 Å². The molecule has 2 rings (SSSR count). The van der Waals surface area contributed by atoms with Crippen LogP contribution < -0.4 is 4.74 Å². The van der Waals surface area contributed by atoms with Crippen molar-refractivity contribution in [3.8, 4) is 5.75 Å². The summed E-state index contributed by atoms with van der Waals surface area (Å²) in [6.45, 7) is 5.46. The monoisotopic (exact) mass is 411 g/mol. The Morgan fingerprint density at radius 1 is 1.21 bits per heavy atom. The van der Waals surface area contributed by atoms with Gasteiger partial charge in [0, 0.05) is 23.3 Å². The molecule has 0 amide bonds. The first kappa shape index (κ1) is 18.4. The number of halogens is 2. The zero-order valence-electron chi connectivity index (χ0n) is 13.6. The van der Waals surface area contributed by atoms with E-state index < -0.39 is 4.92 Å². The highest BCUT2D eigenvalue weighted by Crippen LogP contribution is 2.38. The van der Waals surface area contributed by atoms with Crippen LogP contribution in [0, 0.1) is 30.9 Å². The fraction of sp³-hybridized carbons (Fsp3) is 0.235. The van der Waals surface area contributed by atoms with Crippen LogP contribution in [0.3, 0.4) is 0 Å². The number of ketones is 1. The molecule has 2 aromatic carbocycles. The lowest BCUT2D eigenvalue weighted by Gasteiger charge is -2.18. The molecule has 0 aliphatic carbocycles. The second-order valence-electron chi connectivity index (χ2n) is 5.35. The van der Waals surface area contributed by atoms with Crippen LogP contribution >= 0.6 is 27.5 Å². The van der Waals surface area contributed by atoms with E-state index in [2.05, 4.69) is 15.9 Å². The number of benzene rings is 2. The van der Waals surface area contributed by atoms with Gasteiger partial charge in [0.1, 0.15) is 5.75 Å². The molecule has 7 heteroatoms. The summed E-state index contributed by atoms with van der Waals surface area (Å²) < 4.78 is 6.06. The SMILES string of the molecule is COc1c(C)c(C)c(C(=O)c2cc([N+](=O)[O-])ccc2Cl)c(C)c1Br. The molecule has 0 bridgehead atoms. The number of ether oxygens (including phenoxy) is 1. The lowest BCUT2D eigenvalue weighted by Crippen LogP contribution is -2.10. The second kappa shape index (κ2) is 6.91. The van der Waals surface area contributed by atoms with E-state index in [9.17, 15) is 14.9 Å². The molecule has 0 radical (unpaired) electrons. The molecule has 0 aliphatic heterocycles. The van der Waals surface area contributed by atoms with Gasteiger partial charge in [-0.1, -0.05) is 11.6 Å². The number of hydrogen-bond acceptors (Lipinski definition) is 4. The van der Waals surface area contributed by atoms with E-state index in [0.717, 1.165) is 11.1 Å². The number of rotatable bonds is 4. The number of nitro groups is 1. The van der Waals surface area contributed by atoms with E-state index >= 15 is 0 Å². The number of nitro benzene ring substituents is 1. The van der Waals surface area contributed by atoms with Crippen molar-refractivity contribution >= 4 is 39.0 Å². The maximum Gasteiger partial charge on any atom is 0.270 e. The number of methoxy groups -OCH3 is 1. The van der Waals surface area contributed by atoms with Crippen molar-refractivity contribution in [2.45, 2.75) is 20.8 Å². The average Bonchev–Trinajstić information content (AvgIpc) is 2.53. The molecule has 0 aliphatic rings. The summed E-state index contributed by atoms with van der Waals surface area (Å²) in [6.07, 6.45) is 0. The molecule has 0 aromatic heterocycles. The molecule has 24 heavy (non-hydrogen) atoms. The predicted molar refractivity (Wildman–Crippen MR) is 96.4 cm³/mol. The topological polar surface area (TPSA) is 69.4 Å². The van der Waals surface area contributed by atoms with Crippen LogP contribution in [0.5, 0.6) is 5.75 Å². The third-order valence-electron chi connectivity index (χ3n) is 4.02. The van der Waals surface area contributed by atoms with Crippen LogP contribution in [-0.4, -0.2) is 17.8 Å². The summed E-state index contributed by atoms with van der Waals surface area (Å²) >= 11 is 9.56. The van der Waals surface area contributed by atoms with Crippen LogP contribution in [-0.2, 0) is 0 Å². The average molecular weight is 413 g/mol. The van der Waals surface area contributed by atoms with Crippen molar-refractivity contribution in [1.82, 2.24) is 0 Å². The van der Waals surface area contributed by atoms with Gasteiger partial charge in [-0.25, -0.2) is 0 Å². The molecule has 0 fully saturated rings. The molecule has 126 valence electrons. The second-order valence-corrected chi connectivity index (χ2v) is 6.55. The van der Waals surface area contributed by atoms with Crippen LogP contribution in [0.2, 0.25) is 5.02 Å². The standard InChI is InChI=1S/C17H15BrClNO4/c1-8-9(2)17(24-4)15(18)10(3)14(8)16(21)12-7-11(20(22)23)5-6-13(12)19/h5-7H,1-4H3. The number of hydrogen-bond donors (Lipinski definition) is 0. The van der Waals surface area contributed by atoms with Crippen molar-refractivity contribution in [2.75, 3.05) is 7.11 Å². The predicted octanol–water partition coefficient (Wildman–Crippen LogP) is 5.18. The Labute approximate surface area is 152 Å². The van der Waals surface area contributed by atoms with Gasteiger partial charge >= 0.3 is 0 Å². The molecule has 0 N–H and O–H groups in total. The quantitative estimate of drug-likeness (QED) is 0.394. The lowest BCUT2D eigenvalue weighted by molar-refractivity contribution is -0.384. The van der Waals surface area contributed by atoms with Crippen molar-refractivity contribution < 1.29 is 14.5 Å². The van der Waals surface area contributed by atoms with Crippen LogP contribution in [0.15, 0.2) is 22.7 Å². The maximum atomic E-state index is 13.0. The summed E-state index contributed by atoms with van der Waals surface area (Å²) in [5.41, 5.74) is 2.65. The number of non-ortho nitro benzene ring substituents is 1. The highest BCUT2D eigenvalue weighted by Gasteiger charge is 2.24. The zero-order chi connectivity index (χ0) is 18.2. The molecule has 0 spiro atoms. The molecule has 0 heterocycles. The van der Waals surface area contributed by atoms with Gasteiger partial charge in [-0.05, 0) is 59.5 Å². The molecule has 0 unspecified atom stereocenters. The lowest BCUT2D eigenvalue weighted by atomic mass is 9.91. The Morgan fingerprint density at radius 2 is 1.83 bits per heavy atom. The van der Waals surface area contributed by atoms with Gasteiger partial charge < -0.3 is 4.74 Å². The molecule has 2 aromatic rings. The minimum absolute atomic E-state index is 0.105. The van der Waals surface area contributed by atoms with Crippen molar-refractivity contribution in [3.05, 3.63) is 65.6 Å². The van der Waals surface area contributed by atoms with Crippen LogP contribution in [0.4, 0.5) is 5.69 Å². The Bertz CT molecular complexity index is 835. The normalized spacial score (nSPS) is 10.6. The molecular formula is C17H15BrClNO4. The van der Waals surface area contributed by atoms with E-state index in [-0.39, 0.29) is 22.1 Å². The summed E-state index contributed by atoms with van der Waals surface area (Å²) in [6, 6.07) is 3.84. The summed E-state index contributed by atoms with van der Waals surface area (Å²) in [7, 11) is 1.56. The minimum Gasteiger partial charge on any atom is -0.495 e. The van der Waals surface area contributed by atoms with Gasteiger partial charge in [-0.2, -0.15) is 0 Å². The van der Waals surface area contributed by atoms with Crippen molar-refractivity contribution in [3.63, 3.8) is 0 Å². The molecule has 0 atom stereocenters. The largest absolute Gasteiger partial charge is 0.495 e. The highest BCUT2D eigenvalue weighted by atomic mass is 79.9. The number of carbonyl (C=O) groups is 1. The van der Waals surface area contributed by atoms with Gasteiger partial charge in [-0.3, -0.25) is 14.9 Å². The van der Waals surface area contributed by atoms with Gasteiger partial charge in [0.05, 0.1) is 21.5 Å². The Kier molecular flexibility index (Phi) is 5.30. The minimum atomic E-state index is -0.554. The molecule has 0 saturated carbocycles. The van der Waals surface area contributed by atoms with Gasteiger partial charge in [0.25, 0.3) is 5.69 Å². The molecule has 5 nitrogen and oxygen atoms in total. The van der Waals surface area contributed by atoms with Crippen molar-refractivity contribution in [2.24, 2.45) is 0 Å². The molecule has 0 saturated heterocycles. The van der Waals surface area contributed by atoms with Gasteiger partial charge in [0.2, 0.25) is 0 Å². The Balaban J connectivity index is 2.72. The number of carbonyl (C=O) groups excluding carboxylic acids is 1.